The van der Waals surface area contributed by atoms with Gasteiger partial charge in [-0.15, -0.1) is 0 Å². The molecule has 0 atom stereocenters. The first kappa shape index (κ1) is 16.4. The van der Waals surface area contributed by atoms with Crippen molar-refractivity contribution in [2.45, 2.75) is 6.18 Å². The minimum absolute atomic E-state index is 0.0359. The number of rotatable bonds is 2. The van der Waals surface area contributed by atoms with Crippen LogP contribution in [-0.4, -0.2) is 7.11 Å². The molecule has 0 unspecified atom stereocenters. The van der Waals surface area contributed by atoms with E-state index >= 15 is 0 Å². The van der Waals surface area contributed by atoms with Gasteiger partial charge < -0.3 is 9.15 Å². The number of methoxy groups -OCH3 is 1. The van der Waals surface area contributed by atoms with Crippen LogP contribution in [0.5, 0.6) is 5.75 Å². The Morgan fingerprint density at radius 3 is 2.33 bits per heavy atom. The van der Waals surface area contributed by atoms with Gasteiger partial charge in [-0.05, 0) is 29.8 Å². The third kappa shape index (κ3) is 2.85. The second kappa shape index (κ2) is 5.87. The molecule has 3 rings (SSSR count). The van der Waals surface area contributed by atoms with Gasteiger partial charge in [-0.3, -0.25) is 4.79 Å². The lowest BCUT2D eigenvalue weighted by molar-refractivity contribution is -0.152. The molecular formula is C17H10ClF3O3. The highest BCUT2D eigenvalue weighted by Gasteiger charge is 2.39. The third-order valence-corrected chi connectivity index (χ3v) is 3.74. The van der Waals surface area contributed by atoms with Crippen LogP contribution in [-0.2, 0) is 6.18 Å². The number of ether oxygens (including phenoxy) is 1. The molecule has 1 aromatic heterocycles. The molecule has 124 valence electrons. The lowest BCUT2D eigenvalue weighted by Crippen LogP contribution is -2.16. The molecule has 0 radical (unpaired) electrons. The molecule has 1 heterocycles. The first-order valence-corrected chi connectivity index (χ1v) is 7.17. The zero-order valence-electron chi connectivity index (χ0n) is 12.3. The van der Waals surface area contributed by atoms with Crippen molar-refractivity contribution < 1.29 is 22.3 Å². The van der Waals surface area contributed by atoms with Gasteiger partial charge in [0.05, 0.1) is 18.1 Å². The van der Waals surface area contributed by atoms with Gasteiger partial charge in [0.25, 0.3) is 0 Å². The first-order chi connectivity index (χ1) is 11.3. The Balaban J connectivity index is 2.40. The van der Waals surface area contributed by atoms with Crippen LogP contribution in [0.3, 0.4) is 0 Å². The molecule has 0 spiro atoms. The minimum Gasteiger partial charge on any atom is -0.497 e. The van der Waals surface area contributed by atoms with Gasteiger partial charge in [-0.1, -0.05) is 23.7 Å². The van der Waals surface area contributed by atoms with Gasteiger partial charge in [-0.2, -0.15) is 13.2 Å². The molecule has 0 bridgehead atoms. The van der Waals surface area contributed by atoms with Crippen LogP contribution in [0.1, 0.15) is 5.76 Å². The van der Waals surface area contributed by atoms with Gasteiger partial charge in [0, 0.05) is 11.1 Å². The zero-order chi connectivity index (χ0) is 17.5. The second-order valence-corrected chi connectivity index (χ2v) is 5.44. The predicted octanol–water partition coefficient (Wildman–Crippen LogP) is 5.14. The first-order valence-electron chi connectivity index (χ1n) is 6.79. The van der Waals surface area contributed by atoms with Crippen LogP contribution in [0.25, 0.3) is 22.1 Å². The zero-order valence-corrected chi connectivity index (χ0v) is 13.0. The van der Waals surface area contributed by atoms with E-state index in [0.29, 0.717) is 5.02 Å². The SMILES string of the molecule is COc1ccc2c(=O)c(-c3ccc(Cl)cc3)c(C(F)(F)F)oc2c1. The lowest BCUT2D eigenvalue weighted by Gasteiger charge is -2.13. The average Bonchev–Trinajstić information content (AvgIpc) is 2.54. The summed E-state index contributed by atoms with van der Waals surface area (Å²) in [5.74, 6) is -1.06. The van der Waals surface area contributed by atoms with Crippen LogP contribution in [0.15, 0.2) is 51.7 Å². The van der Waals surface area contributed by atoms with Crippen molar-refractivity contribution in [2.24, 2.45) is 0 Å². The Kier molecular flexibility index (Phi) is 4.01. The fourth-order valence-corrected chi connectivity index (χ4v) is 2.50. The van der Waals surface area contributed by atoms with E-state index in [0.717, 1.165) is 0 Å². The predicted molar refractivity (Wildman–Crippen MR) is 84.5 cm³/mol. The summed E-state index contributed by atoms with van der Waals surface area (Å²) in [6, 6.07) is 9.62. The summed E-state index contributed by atoms with van der Waals surface area (Å²) in [6.07, 6.45) is -4.83. The van der Waals surface area contributed by atoms with Gasteiger partial charge >= 0.3 is 6.18 Å². The Morgan fingerprint density at radius 2 is 1.75 bits per heavy atom. The fraction of sp³-hybridized carbons (Fsp3) is 0.118. The summed E-state index contributed by atoms with van der Waals surface area (Å²) in [7, 11) is 1.37. The third-order valence-electron chi connectivity index (χ3n) is 3.49. The molecule has 0 fully saturated rings. The summed E-state index contributed by atoms with van der Waals surface area (Å²) in [5, 5.41) is 0.385. The fourth-order valence-electron chi connectivity index (χ4n) is 2.38. The Labute approximate surface area is 139 Å². The van der Waals surface area contributed by atoms with Crippen molar-refractivity contribution >= 4 is 22.6 Å². The standard InChI is InChI=1S/C17H10ClF3O3/c1-23-11-6-7-12-13(8-11)24-16(17(19,20)21)14(15(12)22)9-2-4-10(18)5-3-9/h2-8H,1H3. The number of fused-ring (bicyclic) bond motifs is 1. The summed E-state index contributed by atoms with van der Waals surface area (Å²) in [5.41, 5.74) is -1.42. The van der Waals surface area contributed by atoms with E-state index in [-0.39, 0.29) is 22.3 Å². The molecule has 0 saturated carbocycles. The average molecular weight is 355 g/mol. The molecule has 0 N–H and O–H groups in total. The Bertz CT molecular complexity index is 960. The van der Waals surface area contributed by atoms with E-state index < -0.39 is 22.9 Å². The van der Waals surface area contributed by atoms with Crippen LogP contribution < -0.4 is 10.2 Å². The largest absolute Gasteiger partial charge is 0.497 e. The summed E-state index contributed by atoms with van der Waals surface area (Å²) in [6.45, 7) is 0. The van der Waals surface area contributed by atoms with Gasteiger partial charge in [-0.25, -0.2) is 0 Å². The molecule has 3 aromatic rings. The van der Waals surface area contributed by atoms with Gasteiger partial charge in [0.2, 0.25) is 11.2 Å². The maximum Gasteiger partial charge on any atom is 0.450 e. The van der Waals surface area contributed by atoms with Crippen molar-refractivity contribution in [1.29, 1.82) is 0 Å². The topological polar surface area (TPSA) is 39.4 Å². The van der Waals surface area contributed by atoms with E-state index in [1.807, 2.05) is 0 Å². The van der Waals surface area contributed by atoms with E-state index in [1.54, 1.807) is 0 Å². The monoisotopic (exact) mass is 354 g/mol. The van der Waals surface area contributed by atoms with Crippen LogP contribution in [0.4, 0.5) is 13.2 Å². The van der Waals surface area contributed by atoms with Crippen molar-refractivity contribution in [1.82, 2.24) is 0 Å². The summed E-state index contributed by atoms with van der Waals surface area (Å²) >= 11 is 5.76. The van der Waals surface area contributed by atoms with Crippen LogP contribution in [0, 0.1) is 0 Å². The van der Waals surface area contributed by atoms with E-state index in [2.05, 4.69) is 0 Å². The highest BCUT2D eigenvalue weighted by Crippen LogP contribution is 2.38. The molecule has 3 nitrogen and oxygen atoms in total. The number of hydrogen-bond acceptors (Lipinski definition) is 3. The number of benzene rings is 2. The molecule has 24 heavy (non-hydrogen) atoms. The lowest BCUT2D eigenvalue weighted by atomic mass is 10.0. The highest BCUT2D eigenvalue weighted by molar-refractivity contribution is 6.30. The Morgan fingerprint density at radius 1 is 1.08 bits per heavy atom. The number of hydrogen-bond donors (Lipinski definition) is 0. The molecule has 0 aliphatic carbocycles. The number of alkyl halides is 3. The molecule has 0 aliphatic rings. The molecular weight excluding hydrogens is 345 g/mol. The quantitative estimate of drug-likeness (QED) is 0.639. The van der Waals surface area contributed by atoms with E-state index in [1.165, 1.54) is 49.6 Å². The van der Waals surface area contributed by atoms with E-state index in [9.17, 15) is 18.0 Å². The normalized spacial score (nSPS) is 11.7. The molecule has 2 aromatic carbocycles. The molecule has 0 aliphatic heterocycles. The molecule has 0 amide bonds. The Hall–Kier alpha value is -2.47. The maximum atomic E-state index is 13.4. The molecule has 0 saturated heterocycles. The summed E-state index contributed by atoms with van der Waals surface area (Å²) < 4.78 is 50.2. The van der Waals surface area contributed by atoms with Crippen LogP contribution >= 0.6 is 11.6 Å². The second-order valence-electron chi connectivity index (χ2n) is 5.00. The minimum atomic E-state index is -4.83. The van der Waals surface area contributed by atoms with Crippen molar-refractivity contribution in [3.8, 4) is 16.9 Å². The van der Waals surface area contributed by atoms with Crippen molar-refractivity contribution in [3.63, 3.8) is 0 Å². The van der Waals surface area contributed by atoms with Crippen molar-refractivity contribution in [3.05, 3.63) is 63.5 Å². The molecule has 7 heteroatoms. The smallest absolute Gasteiger partial charge is 0.450 e. The number of halogens is 4. The van der Waals surface area contributed by atoms with Gasteiger partial charge in [0.1, 0.15) is 11.3 Å². The van der Waals surface area contributed by atoms with Crippen molar-refractivity contribution in [2.75, 3.05) is 7.11 Å². The van der Waals surface area contributed by atoms with Gasteiger partial charge in [0.15, 0.2) is 0 Å². The highest BCUT2D eigenvalue weighted by atomic mass is 35.5. The maximum absolute atomic E-state index is 13.4. The summed E-state index contributed by atoms with van der Waals surface area (Å²) in [4.78, 5) is 12.6. The van der Waals surface area contributed by atoms with Crippen LogP contribution in [0.2, 0.25) is 5.02 Å². The van der Waals surface area contributed by atoms with E-state index in [4.69, 9.17) is 20.8 Å².